The number of carbonyl (C=O) groups excluding carboxylic acids is 2. The molecule has 1 saturated heterocycles. The molecule has 1 heterocycles. The third kappa shape index (κ3) is 3.93. The molecule has 1 aliphatic carbocycles. The molecule has 0 bridgehead atoms. The summed E-state index contributed by atoms with van der Waals surface area (Å²) in [6.07, 6.45) is 4.61. The fourth-order valence-electron chi connectivity index (χ4n) is 3.67. The maximum Gasteiger partial charge on any atom is 0.314 e. The number of fused-ring (bicyclic) bond motifs is 1. The highest BCUT2D eigenvalue weighted by molar-refractivity contribution is 5.85. The van der Waals surface area contributed by atoms with Crippen LogP contribution in [0.25, 0.3) is 0 Å². The van der Waals surface area contributed by atoms with E-state index in [1.54, 1.807) is 4.90 Å². The lowest BCUT2D eigenvalue weighted by Crippen LogP contribution is -2.48. The van der Waals surface area contributed by atoms with Gasteiger partial charge >= 0.3 is 6.03 Å². The average molecular weight is 353 g/mol. The largest absolute Gasteiger partial charge is 0.399 e. The summed E-state index contributed by atoms with van der Waals surface area (Å²) in [6.45, 7) is 1.06. The molecule has 2 aliphatic rings. The third-order valence-corrected chi connectivity index (χ3v) is 4.90. The summed E-state index contributed by atoms with van der Waals surface area (Å²) >= 11 is 0. The minimum atomic E-state index is -0.444. The number of nitrogens with zero attached hydrogens (tertiary/aromatic N) is 1. The van der Waals surface area contributed by atoms with Crippen LogP contribution in [0.1, 0.15) is 42.9 Å². The Morgan fingerprint density at radius 3 is 2.75 bits per heavy atom. The van der Waals surface area contributed by atoms with Gasteiger partial charge in [0.25, 0.3) is 0 Å². The summed E-state index contributed by atoms with van der Waals surface area (Å²) in [5.74, 6) is -0.152. The number of hydrogen-bond donors (Lipinski definition) is 3. The average Bonchev–Trinajstić information content (AvgIpc) is 2.54. The predicted molar refractivity (Wildman–Crippen MR) is 95.8 cm³/mol. The van der Waals surface area contributed by atoms with E-state index in [-0.39, 0.29) is 30.3 Å². The van der Waals surface area contributed by atoms with Gasteiger partial charge in [-0.1, -0.05) is 6.07 Å². The van der Waals surface area contributed by atoms with Crippen LogP contribution in [0.15, 0.2) is 18.2 Å². The SMILES string of the molecule is Cl.NC(=O)N1CCCC(C(=O)NC2CCCc3cc(N)ccc32)C1. The molecular formula is C17H25ClN4O2. The number of rotatable bonds is 2. The molecule has 24 heavy (non-hydrogen) atoms. The van der Waals surface area contributed by atoms with Crippen LogP contribution < -0.4 is 16.8 Å². The van der Waals surface area contributed by atoms with Gasteiger partial charge in [0.1, 0.15) is 0 Å². The van der Waals surface area contributed by atoms with Crippen LogP contribution in [-0.2, 0) is 11.2 Å². The van der Waals surface area contributed by atoms with E-state index in [2.05, 4.69) is 5.32 Å². The first-order valence-electron chi connectivity index (χ1n) is 8.27. The minimum Gasteiger partial charge on any atom is -0.399 e. The number of nitrogens with one attached hydrogen (secondary N) is 1. The number of piperidine rings is 1. The second-order valence-corrected chi connectivity index (χ2v) is 6.54. The lowest BCUT2D eigenvalue weighted by Gasteiger charge is -2.33. The lowest BCUT2D eigenvalue weighted by molar-refractivity contribution is -0.127. The summed E-state index contributed by atoms with van der Waals surface area (Å²) < 4.78 is 0. The standard InChI is InChI=1S/C17H24N4O2.ClH/c18-13-6-7-14-11(9-13)3-1-5-15(14)20-16(22)12-4-2-8-21(10-12)17(19)23;/h6-7,9,12,15H,1-5,8,10,18H2,(H2,19,23)(H,20,22);1H. The van der Waals surface area contributed by atoms with Gasteiger partial charge in [-0.25, -0.2) is 4.79 Å². The van der Waals surface area contributed by atoms with E-state index in [1.807, 2.05) is 18.2 Å². The molecule has 1 aliphatic heterocycles. The molecule has 3 amide bonds. The Morgan fingerprint density at radius 2 is 2.00 bits per heavy atom. The first-order valence-corrected chi connectivity index (χ1v) is 8.27. The second kappa shape index (κ2) is 7.75. The molecule has 2 atom stereocenters. The van der Waals surface area contributed by atoms with Crippen LogP contribution in [0.3, 0.4) is 0 Å². The van der Waals surface area contributed by atoms with E-state index in [4.69, 9.17) is 11.5 Å². The first kappa shape index (κ1) is 18.4. The van der Waals surface area contributed by atoms with Gasteiger partial charge in [-0.3, -0.25) is 4.79 Å². The van der Waals surface area contributed by atoms with Crippen molar-refractivity contribution in [3.63, 3.8) is 0 Å². The van der Waals surface area contributed by atoms with Gasteiger partial charge in [-0.15, -0.1) is 12.4 Å². The molecule has 6 nitrogen and oxygen atoms in total. The number of hydrogen-bond acceptors (Lipinski definition) is 3. The smallest absolute Gasteiger partial charge is 0.314 e. The first-order chi connectivity index (χ1) is 11.0. The Labute approximate surface area is 148 Å². The Hall–Kier alpha value is -1.95. The predicted octanol–water partition coefficient (Wildman–Crippen LogP) is 1.97. The number of likely N-dealkylation sites (tertiary alicyclic amines) is 1. The van der Waals surface area contributed by atoms with Gasteiger partial charge in [0, 0.05) is 18.8 Å². The van der Waals surface area contributed by atoms with Crippen molar-refractivity contribution in [3.05, 3.63) is 29.3 Å². The molecule has 1 aromatic carbocycles. The summed E-state index contributed by atoms with van der Waals surface area (Å²) in [5, 5.41) is 3.17. The monoisotopic (exact) mass is 352 g/mol. The van der Waals surface area contributed by atoms with Crippen LogP contribution >= 0.6 is 12.4 Å². The molecule has 0 radical (unpaired) electrons. The summed E-state index contributed by atoms with van der Waals surface area (Å²) in [6, 6.07) is 5.50. The molecule has 2 unspecified atom stereocenters. The number of aryl methyl sites for hydroxylation is 1. The molecule has 132 valence electrons. The van der Waals surface area contributed by atoms with Gasteiger partial charge in [0.2, 0.25) is 5.91 Å². The van der Waals surface area contributed by atoms with Crippen LogP contribution in [0, 0.1) is 5.92 Å². The van der Waals surface area contributed by atoms with Crippen molar-refractivity contribution in [2.75, 3.05) is 18.8 Å². The van der Waals surface area contributed by atoms with Gasteiger partial charge < -0.3 is 21.7 Å². The van der Waals surface area contributed by atoms with Crippen molar-refractivity contribution in [3.8, 4) is 0 Å². The molecule has 0 spiro atoms. The maximum atomic E-state index is 12.6. The maximum absolute atomic E-state index is 12.6. The number of primary amides is 1. The Kier molecular flexibility index (Phi) is 5.94. The number of amides is 3. The topological polar surface area (TPSA) is 101 Å². The van der Waals surface area contributed by atoms with Crippen molar-refractivity contribution < 1.29 is 9.59 Å². The van der Waals surface area contributed by atoms with Crippen LogP contribution in [0.2, 0.25) is 0 Å². The van der Waals surface area contributed by atoms with E-state index < -0.39 is 6.03 Å². The number of carbonyl (C=O) groups is 2. The molecular weight excluding hydrogens is 328 g/mol. The fourth-order valence-corrected chi connectivity index (χ4v) is 3.67. The highest BCUT2D eigenvalue weighted by Gasteiger charge is 2.30. The van der Waals surface area contributed by atoms with Crippen LogP contribution in [-0.4, -0.2) is 29.9 Å². The zero-order chi connectivity index (χ0) is 16.4. The quantitative estimate of drug-likeness (QED) is 0.709. The summed E-state index contributed by atoms with van der Waals surface area (Å²) in [5.41, 5.74) is 14.3. The third-order valence-electron chi connectivity index (χ3n) is 4.90. The van der Waals surface area contributed by atoms with E-state index in [9.17, 15) is 9.59 Å². The van der Waals surface area contributed by atoms with Crippen molar-refractivity contribution >= 4 is 30.0 Å². The van der Waals surface area contributed by atoms with Crippen molar-refractivity contribution in [1.82, 2.24) is 10.2 Å². The number of urea groups is 1. The molecule has 1 aromatic rings. The van der Waals surface area contributed by atoms with Gasteiger partial charge in [0.05, 0.1) is 12.0 Å². The van der Waals surface area contributed by atoms with Gasteiger partial charge in [-0.2, -0.15) is 0 Å². The molecule has 5 N–H and O–H groups in total. The number of halogens is 1. The lowest BCUT2D eigenvalue weighted by atomic mass is 9.86. The Morgan fingerprint density at radius 1 is 1.21 bits per heavy atom. The van der Waals surface area contributed by atoms with Crippen LogP contribution in [0.5, 0.6) is 0 Å². The number of benzene rings is 1. The zero-order valence-electron chi connectivity index (χ0n) is 13.7. The molecule has 1 fully saturated rings. The van der Waals surface area contributed by atoms with Gasteiger partial charge in [0.15, 0.2) is 0 Å². The zero-order valence-corrected chi connectivity index (χ0v) is 14.5. The van der Waals surface area contributed by atoms with E-state index in [0.29, 0.717) is 13.1 Å². The highest BCUT2D eigenvalue weighted by atomic mass is 35.5. The Bertz CT molecular complexity index is 623. The molecule has 0 aromatic heterocycles. The molecule has 3 rings (SSSR count). The van der Waals surface area contributed by atoms with E-state index in [0.717, 1.165) is 37.8 Å². The molecule has 0 saturated carbocycles. The number of anilines is 1. The van der Waals surface area contributed by atoms with Gasteiger partial charge in [-0.05, 0) is 55.4 Å². The van der Waals surface area contributed by atoms with Crippen molar-refractivity contribution in [1.29, 1.82) is 0 Å². The fraction of sp³-hybridized carbons (Fsp3) is 0.529. The van der Waals surface area contributed by atoms with Crippen molar-refractivity contribution in [2.24, 2.45) is 11.7 Å². The summed E-state index contributed by atoms with van der Waals surface area (Å²) in [4.78, 5) is 25.5. The minimum absolute atomic E-state index is 0. The highest BCUT2D eigenvalue weighted by Crippen LogP contribution is 2.31. The number of nitrogens with two attached hydrogens (primary N) is 2. The Balaban J connectivity index is 0.00000208. The van der Waals surface area contributed by atoms with Crippen LogP contribution in [0.4, 0.5) is 10.5 Å². The summed E-state index contributed by atoms with van der Waals surface area (Å²) in [7, 11) is 0. The number of nitrogen functional groups attached to an aromatic ring is 1. The second-order valence-electron chi connectivity index (χ2n) is 6.54. The van der Waals surface area contributed by atoms with Crippen molar-refractivity contribution in [2.45, 2.75) is 38.1 Å². The molecule has 7 heteroatoms. The normalized spacial score (nSPS) is 22.9. The van der Waals surface area contributed by atoms with E-state index >= 15 is 0 Å². The van der Waals surface area contributed by atoms with E-state index in [1.165, 1.54) is 11.1 Å².